The zero-order valence-corrected chi connectivity index (χ0v) is 12.1. The zero-order valence-electron chi connectivity index (χ0n) is 10.5. The Morgan fingerprint density at radius 3 is 2.55 bits per heavy atom. The fraction of sp³-hybridized carbons (Fsp3) is 0.308. The van der Waals surface area contributed by atoms with E-state index in [0.717, 1.165) is 4.47 Å². The van der Waals surface area contributed by atoms with E-state index in [4.69, 9.17) is 0 Å². The number of hydrogen-bond donors (Lipinski definition) is 1. The standard InChI is InChI=1S/C13H12BrN3O3/c14-10-4-2-1-3-9(10)12(19)16-6-8(7-16)17-11(18)5-15-13(17)20/h1-4,8H,5-7H2,(H,15,20). The molecule has 1 N–H and O–H groups in total. The maximum absolute atomic E-state index is 12.3. The number of amides is 4. The maximum atomic E-state index is 12.3. The minimum atomic E-state index is -0.368. The van der Waals surface area contributed by atoms with Crippen LogP contribution in [-0.4, -0.2) is 53.3 Å². The van der Waals surface area contributed by atoms with Crippen molar-refractivity contribution in [2.45, 2.75) is 6.04 Å². The molecule has 2 aliphatic rings. The topological polar surface area (TPSA) is 69.7 Å². The van der Waals surface area contributed by atoms with Crippen molar-refractivity contribution in [2.24, 2.45) is 0 Å². The van der Waals surface area contributed by atoms with Gasteiger partial charge in [-0.3, -0.25) is 14.5 Å². The van der Waals surface area contributed by atoms with E-state index < -0.39 is 0 Å². The smallest absolute Gasteiger partial charge is 0.324 e. The molecule has 7 heteroatoms. The first-order chi connectivity index (χ1) is 9.58. The summed E-state index contributed by atoms with van der Waals surface area (Å²) < 4.78 is 0.739. The molecule has 2 fully saturated rings. The van der Waals surface area contributed by atoms with Crippen molar-refractivity contribution in [3.63, 3.8) is 0 Å². The molecule has 20 heavy (non-hydrogen) atoms. The normalized spacial score (nSPS) is 19.1. The van der Waals surface area contributed by atoms with Crippen molar-refractivity contribution in [2.75, 3.05) is 19.6 Å². The molecule has 1 aromatic carbocycles. The highest BCUT2D eigenvalue weighted by molar-refractivity contribution is 9.10. The summed E-state index contributed by atoms with van der Waals surface area (Å²) in [5.41, 5.74) is 0.586. The molecule has 0 atom stereocenters. The summed E-state index contributed by atoms with van der Waals surface area (Å²) in [7, 11) is 0. The third kappa shape index (κ3) is 2.07. The van der Waals surface area contributed by atoms with E-state index in [-0.39, 0.29) is 30.4 Å². The molecular formula is C13H12BrN3O3. The third-order valence-electron chi connectivity index (χ3n) is 3.50. The molecular weight excluding hydrogens is 326 g/mol. The van der Waals surface area contributed by atoms with Crippen molar-refractivity contribution in [3.05, 3.63) is 34.3 Å². The Hall–Kier alpha value is -1.89. The molecule has 0 radical (unpaired) electrons. The number of benzene rings is 1. The highest BCUT2D eigenvalue weighted by Gasteiger charge is 2.43. The van der Waals surface area contributed by atoms with Crippen LogP contribution in [0.2, 0.25) is 0 Å². The molecule has 104 valence electrons. The van der Waals surface area contributed by atoms with Crippen LogP contribution in [0.5, 0.6) is 0 Å². The number of hydrogen-bond acceptors (Lipinski definition) is 3. The van der Waals surface area contributed by atoms with Gasteiger partial charge in [0.2, 0.25) is 5.91 Å². The predicted molar refractivity (Wildman–Crippen MR) is 74.1 cm³/mol. The Kier molecular flexibility index (Phi) is 3.21. The number of carbonyl (C=O) groups is 3. The molecule has 0 unspecified atom stereocenters. The minimum absolute atomic E-state index is 0.0491. The van der Waals surface area contributed by atoms with Crippen LogP contribution in [0, 0.1) is 0 Å². The van der Waals surface area contributed by atoms with Crippen LogP contribution in [0.15, 0.2) is 28.7 Å². The summed E-state index contributed by atoms with van der Waals surface area (Å²) >= 11 is 3.34. The van der Waals surface area contributed by atoms with E-state index in [1.54, 1.807) is 17.0 Å². The number of likely N-dealkylation sites (tertiary alicyclic amines) is 1. The average molecular weight is 338 g/mol. The van der Waals surface area contributed by atoms with Gasteiger partial charge in [0.1, 0.15) is 0 Å². The Morgan fingerprint density at radius 2 is 1.95 bits per heavy atom. The van der Waals surface area contributed by atoms with Crippen molar-refractivity contribution in [1.29, 1.82) is 0 Å². The summed E-state index contributed by atoms with van der Waals surface area (Å²) in [6.07, 6.45) is 0. The van der Waals surface area contributed by atoms with Gasteiger partial charge in [-0.15, -0.1) is 0 Å². The van der Waals surface area contributed by atoms with E-state index in [9.17, 15) is 14.4 Å². The zero-order chi connectivity index (χ0) is 14.3. The Bertz CT molecular complexity index is 582. The van der Waals surface area contributed by atoms with E-state index in [0.29, 0.717) is 18.7 Å². The lowest BCUT2D eigenvalue weighted by molar-refractivity contribution is -0.128. The lowest BCUT2D eigenvalue weighted by atomic mass is 10.1. The monoisotopic (exact) mass is 337 g/mol. The van der Waals surface area contributed by atoms with Gasteiger partial charge in [0.25, 0.3) is 5.91 Å². The van der Waals surface area contributed by atoms with Crippen molar-refractivity contribution in [3.8, 4) is 0 Å². The fourth-order valence-electron chi connectivity index (χ4n) is 2.39. The lowest BCUT2D eigenvalue weighted by Gasteiger charge is -2.42. The van der Waals surface area contributed by atoms with Crippen LogP contribution in [0.25, 0.3) is 0 Å². The van der Waals surface area contributed by atoms with Gasteiger partial charge >= 0.3 is 6.03 Å². The molecule has 3 rings (SSSR count). The van der Waals surface area contributed by atoms with Gasteiger partial charge in [-0.1, -0.05) is 12.1 Å². The predicted octanol–water partition coefficient (Wildman–Crippen LogP) is 0.825. The number of imide groups is 1. The van der Waals surface area contributed by atoms with Gasteiger partial charge in [0.05, 0.1) is 18.2 Å². The largest absolute Gasteiger partial charge is 0.334 e. The van der Waals surface area contributed by atoms with Gasteiger partial charge in [-0.2, -0.15) is 0 Å². The Labute approximate surface area is 123 Å². The van der Waals surface area contributed by atoms with Crippen LogP contribution >= 0.6 is 15.9 Å². The molecule has 0 spiro atoms. The summed E-state index contributed by atoms with van der Waals surface area (Å²) in [5, 5.41) is 2.48. The first-order valence-electron chi connectivity index (χ1n) is 6.21. The molecule has 1 aromatic rings. The fourth-order valence-corrected chi connectivity index (χ4v) is 2.85. The summed E-state index contributed by atoms with van der Waals surface area (Å²) in [5.74, 6) is -0.325. The second kappa shape index (κ2) is 4.90. The van der Waals surface area contributed by atoms with Crippen molar-refractivity contribution < 1.29 is 14.4 Å². The van der Waals surface area contributed by atoms with Crippen LogP contribution in [0.4, 0.5) is 4.79 Å². The first-order valence-corrected chi connectivity index (χ1v) is 7.01. The molecule has 2 aliphatic heterocycles. The number of carbonyl (C=O) groups excluding carboxylic acids is 3. The van der Waals surface area contributed by atoms with Crippen LogP contribution in [-0.2, 0) is 4.79 Å². The van der Waals surface area contributed by atoms with Gasteiger partial charge in [-0.05, 0) is 28.1 Å². The minimum Gasteiger partial charge on any atom is -0.334 e. The number of halogens is 1. The highest BCUT2D eigenvalue weighted by atomic mass is 79.9. The second-order valence-corrected chi connectivity index (χ2v) is 5.62. The summed E-state index contributed by atoms with van der Waals surface area (Å²) in [6, 6.07) is 6.61. The Balaban J connectivity index is 1.66. The summed E-state index contributed by atoms with van der Waals surface area (Å²) in [6.45, 7) is 0.826. The molecule has 0 bridgehead atoms. The number of rotatable bonds is 2. The van der Waals surface area contributed by atoms with Gasteiger partial charge < -0.3 is 10.2 Å². The van der Waals surface area contributed by atoms with E-state index in [2.05, 4.69) is 21.2 Å². The summed E-state index contributed by atoms with van der Waals surface area (Å²) in [4.78, 5) is 38.2. The number of nitrogens with zero attached hydrogens (tertiary/aromatic N) is 2. The third-order valence-corrected chi connectivity index (χ3v) is 4.19. The van der Waals surface area contributed by atoms with E-state index >= 15 is 0 Å². The number of nitrogens with one attached hydrogen (secondary N) is 1. The van der Waals surface area contributed by atoms with Crippen molar-refractivity contribution >= 4 is 33.8 Å². The molecule has 0 aliphatic carbocycles. The van der Waals surface area contributed by atoms with E-state index in [1.165, 1.54) is 4.90 Å². The molecule has 0 saturated carbocycles. The SMILES string of the molecule is O=C(c1ccccc1Br)N1CC(N2C(=O)CNC2=O)C1. The van der Waals surface area contributed by atoms with Gasteiger partial charge in [0, 0.05) is 17.6 Å². The van der Waals surface area contributed by atoms with Crippen molar-refractivity contribution in [1.82, 2.24) is 15.1 Å². The van der Waals surface area contributed by atoms with Gasteiger partial charge in [-0.25, -0.2) is 4.79 Å². The molecule has 4 amide bonds. The van der Waals surface area contributed by atoms with Crippen LogP contribution < -0.4 is 5.32 Å². The molecule has 0 aromatic heterocycles. The van der Waals surface area contributed by atoms with Gasteiger partial charge in [0.15, 0.2) is 0 Å². The molecule has 2 heterocycles. The maximum Gasteiger partial charge on any atom is 0.324 e. The average Bonchev–Trinajstić information content (AvgIpc) is 2.69. The lowest BCUT2D eigenvalue weighted by Crippen LogP contribution is -2.62. The second-order valence-electron chi connectivity index (χ2n) is 4.77. The highest BCUT2D eigenvalue weighted by Crippen LogP contribution is 2.23. The van der Waals surface area contributed by atoms with E-state index in [1.807, 2.05) is 12.1 Å². The quantitative estimate of drug-likeness (QED) is 0.812. The molecule has 2 saturated heterocycles. The van der Waals surface area contributed by atoms with Crippen LogP contribution in [0.1, 0.15) is 10.4 Å². The van der Waals surface area contributed by atoms with Crippen LogP contribution in [0.3, 0.4) is 0 Å². The molecule has 6 nitrogen and oxygen atoms in total. The number of urea groups is 1. The Morgan fingerprint density at radius 1 is 1.25 bits per heavy atom. The first kappa shape index (κ1) is 13.1.